The van der Waals surface area contributed by atoms with Crippen molar-refractivity contribution in [2.75, 3.05) is 0 Å². The summed E-state index contributed by atoms with van der Waals surface area (Å²) in [7, 11) is 0. The minimum atomic E-state index is -0.308. The third-order valence-corrected chi connectivity index (χ3v) is 3.76. The average Bonchev–Trinajstić information content (AvgIpc) is 2.67. The lowest BCUT2D eigenvalue weighted by atomic mass is 9.78. The number of oxazole rings is 1. The van der Waals surface area contributed by atoms with Crippen LogP contribution in [0.25, 0.3) is 12.7 Å². The molecule has 0 aliphatic heterocycles. The topological polar surface area (TPSA) is 66.2 Å². The van der Waals surface area contributed by atoms with Gasteiger partial charge in [0, 0.05) is 11.1 Å². The zero-order valence-corrected chi connectivity index (χ0v) is 14.7. The smallest absolute Gasteiger partial charge is 0.293 e. The lowest BCUT2D eigenvalue weighted by molar-refractivity contribution is 0.423. The number of nitrogens with one attached hydrogen (secondary N) is 1. The van der Waals surface area contributed by atoms with Gasteiger partial charge in [-0.05, 0) is 41.2 Å². The summed E-state index contributed by atoms with van der Waals surface area (Å²) in [6, 6.07) is 3.80. The maximum Gasteiger partial charge on any atom is 0.293 e. The molecule has 1 aromatic heterocycles. The molecule has 0 atom stereocenters. The molecule has 0 spiro atoms. The molecule has 0 aliphatic carbocycles. The van der Waals surface area contributed by atoms with Crippen molar-refractivity contribution in [3.8, 4) is 5.75 Å². The van der Waals surface area contributed by atoms with Crippen LogP contribution in [-0.2, 0) is 10.8 Å². The second-order valence-electron chi connectivity index (χ2n) is 7.95. The van der Waals surface area contributed by atoms with Gasteiger partial charge in [-0.25, -0.2) is 0 Å². The number of aromatic amines is 1. The highest BCUT2D eigenvalue weighted by molar-refractivity contribution is 5.58. The number of phenolic OH excluding ortho intramolecular Hbond substituents is 1. The Morgan fingerprint density at radius 2 is 1.57 bits per heavy atom. The van der Waals surface area contributed by atoms with Gasteiger partial charge in [-0.2, -0.15) is 0 Å². The number of rotatable bonds is 1. The standard InChI is InChI=1S/C19H25NO3/c1-11-20-17(22)15(23-11)10-12-8-13(18(2,3)4)16(21)14(9-12)19(5,6)7/h8-10,21H,1H2,2-7H3,(H,20,22)/b15-10-. The third kappa shape index (κ3) is 3.58. The zero-order valence-electron chi connectivity index (χ0n) is 14.7. The summed E-state index contributed by atoms with van der Waals surface area (Å²) in [4.78, 5) is 14.3. The SMILES string of the molecule is C=c1[nH]c(=O)/c(=C/c2cc(C(C)(C)C)c(O)c(C(C)(C)C)c2)o1. The van der Waals surface area contributed by atoms with Gasteiger partial charge in [0.05, 0.1) is 0 Å². The molecule has 2 rings (SSSR count). The van der Waals surface area contributed by atoms with Crippen LogP contribution in [0.1, 0.15) is 58.2 Å². The van der Waals surface area contributed by atoms with E-state index in [-0.39, 0.29) is 27.4 Å². The van der Waals surface area contributed by atoms with E-state index in [0.717, 1.165) is 16.7 Å². The first kappa shape index (κ1) is 17.1. The van der Waals surface area contributed by atoms with Gasteiger partial charge in [-0.15, -0.1) is 0 Å². The van der Waals surface area contributed by atoms with E-state index in [2.05, 4.69) is 11.6 Å². The number of phenols is 1. The highest BCUT2D eigenvalue weighted by Gasteiger charge is 2.26. The Balaban J connectivity index is 2.81. The summed E-state index contributed by atoms with van der Waals surface area (Å²) in [5, 5.41) is 10.7. The molecule has 0 amide bonds. The van der Waals surface area contributed by atoms with Crippen molar-refractivity contribution in [1.82, 2.24) is 4.98 Å². The molecule has 23 heavy (non-hydrogen) atoms. The third-order valence-electron chi connectivity index (χ3n) is 3.76. The molecule has 0 bridgehead atoms. The van der Waals surface area contributed by atoms with E-state index in [4.69, 9.17) is 4.42 Å². The molecule has 1 heterocycles. The molecule has 0 fully saturated rings. The van der Waals surface area contributed by atoms with Crippen molar-refractivity contribution in [1.29, 1.82) is 0 Å². The molecule has 2 N–H and O–H groups in total. The van der Waals surface area contributed by atoms with E-state index in [1.54, 1.807) is 6.08 Å². The molecule has 4 nitrogen and oxygen atoms in total. The fourth-order valence-corrected chi connectivity index (χ4v) is 2.52. The molecule has 2 aromatic rings. The Morgan fingerprint density at radius 3 is 1.91 bits per heavy atom. The fourth-order valence-electron chi connectivity index (χ4n) is 2.52. The Kier molecular flexibility index (Phi) is 4.05. The van der Waals surface area contributed by atoms with Crippen molar-refractivity contribution < 1.29 is 9.52 Å². The first-order chi connectivity index (χ1) is 10.4. The minimum Gasteiger partial charge on any atom is -0.507 e. The van der Waals surface area contributed by atoms with Crippen molar-refractivity contribution in [2.24, 2.45) is 0 Å². The van der Waals surface area contributed by atoms with Crippen molar-refractivity contribution >= 4 is 12.7 Å². The molecule has 0 aliphatic rings. The summed E-state index contributed by atoms with van der Waals surface area (Å²) in [6.07, 6.45) is 1.68. The Morgan fingerprint density at radius 1 is 1.09 bits per heavy atom. The molecular formula is C19H25NO3. The summed E-state index contributed by atoms with van der Waals surface area (Å²) >= 11 is 0. The first-order valence-corrected chi connectivity index (χ1v) is 7.67. The predicted molar refractivity (Wildman–Crippen MR) is 93.2 cm³/mol. The van der Waals surface area contributed by atoms with Crippen LogP contribution in [-0.4, -0.2) is 10.1 Å². The van der Waals surface area contributed by atoms with Gasteiger partial charge < -0.3 is 9.52 Å². The van der Waals surface area contributed by atoms with E-state index in [9.17, 15) is 9.90 Å². The van der Waals surface area contributed by atoms with Crippen LogP contribution in [0.5, 0.6) is 5.75 Å². The Hall–Kier alpha value is -2.23. The lowest BCUT2D eigenvalue weighted by Crippen LogP contribution is -2.21. The maximum absolute atomic E-state index is 11.8. The summed E-state index contributed by atoms with van der Waals surface area (Å²) in [6.45, 7) is 15.9. The fraction of sp³-hybridized carbons (Fsp3) is 0.421. The molecule has 1 aromatic carbocycles. The van der Waals surface area contributed by atoms with E-state index in [1.165, 1.54) is 0 Å². The van der Waals surface area contributed by atoms with E-state index in [0.29, 0.717) is 5.75 Å². The summed E-state index contributed by atoms with van der Waals surface area (Å²) in [5.74, 6) is 0.313. The molecule has 4 heteroatoms. The number of aromatic hydroxyl groups is 1. The number of H-pyrrole nitrogens is 1. The normalized spacial score (nSPS) is 13.6. The molecule has 0 saturated carbocycles. The van der Waals surface area contributed by atoms with Crippen molar-refractivity contribution in [3.63, 3.8) is 0 Å². The molecule has 0 unspecified atom stereocenters. The van der Waals surface area contributed by atoms with Gasteiger partial charge in [0.2, 0.25) is 0 Å². The van der Waals surface area contributed by atoms with Crippen LogP contribution >= 0.6 is 0 Å². The van der Waals surface area contributed by atoms with Gasteiger partial charge >= 0.3 is 0 Å². The van der Waals surface area contributed by atoms with Crippen molar-refractivity contribution in [2.45, 2.75) is 52.4 Å². The number of benzene rings is 1. The van der Waals surface area contributed by atoms with Crippen LogP contribution < -0.4 is 16.5 Å². The Labute approximate surface area is 136 Å². The van der Waals surface area contributed by atoms with Crippen LogP contribution in [0.2, 0.25) is 0 Å². The number of aromatic nitrogens is 1. The van der Waals surface area contributed by atoms with Gasteiger partial charge in [0.1, 0.15) is 5.75 Å². The maximum atomic E-state index is 11.8. The quantitative estimate of drug-likeness (QED) is 0.850. The van der Waals surface area contributed by atoms with Crippen LogP contribution in [0.4, 0.5) is 0 Å². The molecule has 124 valence electrons. The largest absolute Gasteiger partial charge is 0.507 e. The van der Waals surface area contributed by atoms with Crippen LogP contribution in [0, 0.1) is 0 Å². The minimum absolute atomic E-state index is 0.209. The van der Waals surface area contributed by atoms with E-state index in [1.807, 2.05) is 53.7 Å². The number of hydrogen-bond donors (Lipinski definition) is 2. The van der Waals surface area contributed by atoms with Crippen LogP contribution in [0.15, 0.2) is 21.3 Å². The van der Waals surface area contributed by atoms with Crippen LogP contribution in [0.3, 0.4) is 0 Å². The average molecular weight is 315 g/mol. The zero-order chi connectivity index (χ0) is 17.6. The predicted octanol–water partition coefficient (Wildman–Crippen LogP) is 2.51. The molecule has 0 radical (unpaired) electrons. The molecular weight excluding hydrogens is 290 g/mol. The lowest BCUT2D eigenvalue weighted by Gasteiger charge is -2.27. The summed E-state index contributed by atoms with van der Waals surface area (Å²) < 4.78 is 5.30. The van der Waals surface area contributed by atoms with Crippen molar-refractivity contribution in [3.05, 3.63) is 50.1 Å². The highest BCUT2D eigenvalue weighted by atomic mass is 16.3. The van der Waals surface area contributed by atoms with Gasteiger partial charge in [0.15, 0.2) is 11.0 Å². The monoisotopic (exact) mass is 315 g/mol. The van der Waals surface area contributed by atoms with Gasteiger partial charge in [-0.3, -0.25) is 9.78 Å². The first-order valence-electron chi connectivity index (χ1n) is 7.67. The summed E-state index contributed by atoms with van der Waals surface area (Å²) in [5.41, 5.74) is 2.19. The highest BCUT2D eigenvalue weighted by Crippen LogP contribution is 2.39. The second kappa shape index (κ2) is 5.44. The van der Waals surface area contributed by atoms with E-state index < -0.39 is 0 Å². The van der Waals surface area contributed by atoms with Gasteiger partial charge in [0.25, 0.3) is 5.56 Å². The Bertz CT molecular complexity index is 851. The second-order valence-corrected chi connectivity index (χ2v) is 7.95. The van der Waals surface area contributed by atoms with Gasteiger partial charge in [-0.1, -0.05) is 41.5 Å². The number of hydrogen-bond acceptors (Lipinski definition) is 3. The van der Waals surface area contributed by atoms with E-state index >= 15 is 0 Å². The molecule has 0 saturated heterocycles.